The molecule has 20 heavy (non-hydrogen) atoms. The van der Waals surface area contributed by atoms with Gasteiger partial charge in [-0.05, 0) is 0 Å². The minimum Gasteiger partial charge on any atom is -0.395 e. The summed E-state index contributed by atoms with van der Waals surface area (Å²) in [6.07, 6.45) is 0.567. The number of aliphatic hydroxyl groups excluding tert-OH is 2. The average Bonchev–Trinajstić information content (AvgIpc) is 2.92. The Morgan fingerprint density at radius 1 is 1.40 bits per heavy atom. The average molecular weight is 285 g/mol. The van der Waals surface area contributed by atoms with Crippen LogP contribution >= 0.6 is 0 Å². The van der Waals surface area contributed by atoms with Crippen LogP contribution in [0.4, 0.5) is 14.6 Å². The van der Waals surface area contributed by atoms with Crippen LogP contribution in [0.1, 0.15) is 11.6 Å². The molecule has 0 radical (unpaired) electrons. The molecule has 0 bridgehead atoms. The lowest BCUT2D eigenvalue weighted by Crippen LogP contribution is -2.38. The van der Waals surface area contributed by atoms with Crippen molar-refractivity contribution in [2.75, 3.05) is 12.3 Å². The van der Waals surface area contributed by atoms with E-state index in [2.05, 4.69) is 20.3 Å². The summed E-state index contributed by atoms with van der Waals surface area (Å²) >= 11 is 0. The number of fused-ring (bicyclic) bond motifs is 1. The highest BCUT2D eigenvalue weighted by Gasteiger charge is 2.57. The Labute approximate surface area is 111 Å². The van der Waals surface area contributed by atoms with Crippen LogP contribution < -0.4 is 11.1 Å². The SMILES string of the molecule is Nc1ncnc2c([C@@H]3N[C@H](CO)[C@@H](O)C3(F)F)c[nH]c12. The fraction of sp³-hybridized carbons (Fsp3) is 0.455. The van der Waals surface area contributed by atoms with Gasteiger partial charge in [0.15, 0.2) is 5.82 Å². The zero-order chi connectivity index (χ0) is 14.5. The molecule has 2 aromatic heterocycles. The zero-order valence-corrected chi connectivity index (χ0v) is 10.2. The van der Waals surface area contributed by atoms with Gasteiger partial charge < -0.3 is 20.9 Å². The molecule has 0 saturated carbocycles. The number of aromatic amines is 1. The van der Waals surface area contributed by atoms with Gasteiger partial charge in [0.2, 0.25) is 0 Å². The lowest BCUT2D eigenvalue weighted by Gasteiger charge is -2.20. The van der Waals surface area contributed by atoms with E-state index in [1.807, 2.05) is 0 Å². The van der Waals surface area contributed by atoms with Crippen molar-refractivity contribution in [3.63, 3.8) is 0 Å². The predicted octanol–water partition coefficient (Wildman–Crippen LogP) is -0.459. The van der Waals surface area contributed by atoms with Crippen molar-refractivity contribution in [3.05, 3.63) is 18.1 Å². The smallest absolute Gasteiger partial charge is 0.294 e. The third-order valence-corrected chi connectivity index (χ3v) is 3.57. The van der Waals surface area contributed by atoms with Gasteiger partial charge in [0, 0.05) is 11.8 Å². The van der Waals surface area contributed by atoms with Crippen molar-refractivity contribution in [2.24, 2.45) is 0 Å². The van der Waals surface area contributed by atoms with Crippen LogP contribution in [0, 0.1) is 0 Å². The molecule has 0 aromatic carbocycles. The second kappa shape index (κ2) is 4.33. The Bertz CT molecular complexity index is 647. The van der Waals surface area contributed by atoms with Gasteiger partial charge in [0.25, 0.3) is 5.92 Å². The number of halogens is 2. The molecule has 9 heteroatoms. The largest absolute Gasteiger partial charge is 0.395 e. The van der Waals surface area contributed by atoms with Crippen molar-refractivity contribution in [1.82, 2.24) is 20.3 Å². The Hall–Kier alpha value is -1.84. The van der Waals surface area contributed by atoms with E-state index in [-0.39, 0.29) is 16.9 Å². The van der Waals surface area contributed by atoms with E-state index >= 15 is 0 Å². The first-order valence-corrected chi connectivity index (χ1v) is 5.97. The maximum Gasteiger partial charge on any atom is 0.294 e. The first kappa shape index (κ1) is 13.2. The third-order valence-electron chi connectivity index (χ3n) is 3.57. The monoisotopic (exact) mass is 285 g/mol. The van der Waals surface area contributed by atoms with Crippen LogP contribution in [0.3, 0.4) is 0 Å². The molecule has 108 valence electrons. The summed E-state index contributed by atoms with van der Waals surface area (Å²) in [5.74, 6) is -3.27. The molecular formula is C11H13F2N5O2. The number of rotatable bonds is 2. The van der Waals surface area contributed by atoms with Gasteiger partial charge in [-0.2, -0.15) is 0 Å². The van der Waals surface area contributed by atoms with E-state index < -0.39 is 30.7 Å². The van der Waals surface area contributed by atoms with E-state index in [0.29, 0.717) is 5.52 Å². The van der Waals surface area contributed by atoms with Crippen LogP contribution in [0.15, 0.2) is 12.5 Å². The first-order valence-electron chi connectivity index (χ1n) is 5.97. The maximum absolute atomic E-state index is 14.1. The highest BCUT2D eigenvalue weighted by molar-refractivity contribution is 5.87. The molecule has 0 unspecified atom stereocenters. The molecule has 3 heterocycles. The normalized spacial score (nSPS) is 29.1. The standard InChI is InChI=1S/C11H13F2N5O2/c12-11(13)8(18-5(2-19)9(11)20)4-1-15-7-6(4)16-3-17-10(7)14/h1,3,5,8-9,15,18-20H,2H2,(H2,14,16,17)/t5-,8+,9-/m1/s1. The van der Waals surface area contributed by atoms with Crippen molar-refractivity contribution in [3.8, 4) is 0 Å². The molecule has 1 fully saturated rings. The molecule has 1 aliphatic rings. The Balaban J connectivity index is 2.10. The number of nitrogen functional groups attached to an aromatic ring is 1. The number of aromatic nitrogens is 3. The lowest BCUT2D eigenvalue weighted by atomic mass is 10.0. The third kappa shape index (κ3) is 1.67. The molecule has 3 rings (SSSR count). The molecule has 3 atom stereocenters. The van der Waals surface area contributed by atoms with Gasteiger partial charge in [-0.15, -0.1) is 0 Å². The molecule has 0 amide bonds. The number of nitrogens with zero attached hydrogens (tertiary/aromatic N) is 2. The summed E-state index contributed by atoms with van der Waals surface area (Å²) < 4.78 is 28.2. The second-order valence-electron chi connectivity index (χ2n) is 4.73. The van der Waals surface area contributed by atoms with Crippen LogP contribution in [0.2, 0.25) is 0 Å². The summed E-state index contributed by atoms with van der Waals surface area (Å²) in [6.45, 7) is -0.591. The van der Waals surface area contributed by atoms with E-state index in [4.69, 9.17) is 10.8 Å². The van der Waals surface area contributed by atoms with Gasteiger partial charge in [-0.1, -0.05) is 0 Å². The Morgan fingerprint density at radius 2 is 2.15 bits per heavy atom. The van der Waals surface area contributed by atoms with Gasteiger partial charge in [-0.3, -0.25) is 5.32 Å². The molecule has 0 aliphatic carbocycles. The minimum atomic E-state index is -3.43. The molecule has 1 aliphatic heterocycles. The number of H-pyrrole nitrogens is 1. The van der Waals surface area contributed by atoms with Crippen molar-refractivity contribution in [2.45, 2.75) is 24.1 Å². The van der Waals surface area contributed by atoms with Crippen LogP contribution in [0.25, 0.3) is 11.0 Å². The van der Waals surface area contributed by atoms with E-state index in [1.54, 1.807) is 0 Å². The summed E-state index contributed by atoms with van der Waals surface area (Å²) in [6, 6.07) is -2.56. The number of anilines is 1. The summed E-state index contributed by atoms with van der Waals surface area (Å²) in [4.78, 5) is 10.5. The number of nitrogens with two attached hydrogens (primary N) is 1. The summed E-state index contributed by atoms with van der Waals surface area (Å²) in [5, 5.41) is 21.1. The molecule has 1 saturated heterocycles. The van der Waals surface area contributed by atoms with Crippen molar-refractivity contribution >= 4 is 16.9 Å². The molecule has 6 N–H and O–H groups in total. The quantitative estimate of drug-likeness (QED) is 0.509. The second-order valence-corrected chi connectivity index (χ2v) is 4.73. The van der Waals surface area contributed by atoms with Gasteiger partial charge in [-0.25, -0.2) is 18.7 Å². The van der Waals surface area contributed by atoms with Crippen LogP contribution in [-0.4, -0.2) is 49.8 Å². The number of nitrogens with one attached hydrogen (secondary N) is 2. The molecule has 7 nitrogen and oxygen atoms in total. The molecule has 2 aromatic rings. The van der Waals surface area contributed by atoms with Crippen LogP contribution in [0.5, 0.6) is 0 Å². The fourth-order valence-electron chi connectivity index (χ4n) is 2.50. The number of aliphatic hydroxyl groups is 2. The zero-order valence-electron chi connectivity index (χ0n) is 10.2. The minimum absolute atomic E-state index is 0.154. The van der Waals surface area contributed by atoms with E-state index in [9.17, 15) is 13.9 Å². The Morgan fingerprint density at radius 3 is 2.80 bits per heavy atom. The number of hydrogen-bond donors (Lipinski definition) is 5. The van der Waals surface area contributed by atoms with Crippen molar-refractivity contribution in [1.29, 1.82) is 0 Å². The topological polar surface area (TPSA) is 120 Å². The maximum atomic E-state index is 14.1. The fourth-order valence-corrected chi connectivity index (χ4v) is 2.50. The highest BCUT2D eigenvalue weighted by Crippen LogP contribution is 2.43. The first-order chi connectivity index (χ1) is 9.46. The van der Waals surface area contributed by atoms with E-state index in [0.717, 1.165) is 0 Å². The Kier molecular flexibility index (Phi) is 2.85. The highest BCUT2D eigenvalue weighted by atomic mass is 19.3. The van der Waals surface area contributed by atoms with Crippen molar-refractivity contribution < 1.29 is 19.0 Å². The molecule has 0 spiro atoms. The molecular weight excluding hydrogens is 272 g/mol. The van der Waals surface area contributed by atoms with Crippen LogP contribution in [-0.2, 0) is 0 Å². The summed E-state index contributed by atoms with van der Waals surface area (Å²) in [7, 11) is 0. The number of alkyl halides is 2. The van der Waals surface area contributed by atoms with Gasteiger partial charge in [0.05, 0.1) is 18.2 Å². The summed E-state index contributed by atoms with van der Waals surface area (Å²) in [5.41, 5.74) is 6.44. The lowest BCUT2D eigenvalue weighted by molar-refractivity contribution is -0.103. The van der Waals surface area contributed by atoms with Gasteiger partial charge in [0.1, 0.15) is 24.0 Å². The van der Waals surface area contributed by atoms with E-state index in [1.165, 1.54) is 12.5 Å². The number of hydrogen-bond acceptors (Lipinski definition) is 6. The predicted molar refractivity (Wildman–Crippen MR) is 66.0 cm³/mol. The van der Waals surface area contributed by atoms with Gasteiger partial charge >= 0.3 is 0 Å².